The summed E-state index contributed by atoms with van der Waals surface area (Å²) in [5.74, 6) is -0.231. The average Bonchev–Trinajstić information content (AvgIpc) is 3.00. The van der Waals surface area contributed by atoms with Crippen molar-refractivity contribution in [2.45, 2.75) is 44.2 Å². The maximum Gasteiger partial charge on any atom is 0.276 e. The first-order valence-electron chi connectivity index (χ1n) is 7.06. The fourth-order valence-corrected chi connectivity index (χ4v) is 3.18. The summed E-state index contributed by atoms with van der Waals surface area (Å²) < 4.78 is 0. The number of nitrogens with zero attached hydrogens (tertiary/aromatic N) is 2. The van der Waals surface area contributed by atoms with Crippen LogP contribution in [-0.4, -0.2) is 52.7 Å². The molecule has 1 aliphatic heterocycles. The Bertz CT molecular complexity index is 432. The zero-order valence-corrected chi connectivity index (χ0v) is 13.0. The van der Waals surface area contributed by atoms with Crippen LogP contribution in [0.3, 0.4) is 0 Å². The summed E-state index contributed by atoms with van der Waals surface area (Å²) in [6.45, 7) is 7.52. The van der Waals surface area contributed by atoms with E-state index in [1.807, 2.05) is 0 Å². The second-order valence-electron chi connectivity index (χ2n) is 5.62. The van der Waals surface area contributed by atoms with E-state index in [1.54, 1.807) is 7.05 Å². The monoisotopic (exact) mass is 297 g/mol. The third kappa shape index (κ3) is 3.76. The molecule has 1 saturated heterocycles. The number of aliphatic hydroxyl groups is 1. The summed E-state index contributed by atoms with van der Waals surface area (Å²) in [5, 5.41) is 13.7. The summed E-state index contributed by atoms with van der Waals surface area (Å²) in [5.41, 5.74) is -0.681. The molecule has 20 heavy (non-hydrogen) atoms. The molecule has 1 unspecified atom stereocenters. The fraction of sp³-hybridized carbons (Fsp3) is 0.714. The van der Waals surface area contributed by atoms with Crippen LogP contribution in [0, 0.1) is 0 Å². The first kappa shape index (κ1) is 15.4. The summed E-state index contributed by atoms with van der Waals surface area (Å²) >= 11 is 1.31. The number of likely N-dealkylation sites (tertiary alicyclic amines) is 1. The van der Waals surface area contributed by atoms with Gasteiger partial charge < -0.3 is 15.3 Å². The maximum absolute atomic E-state index is 12.0. The van der Waals surface area contributed by atoms with E-state index in [4.69, 9.17) is 0 Å². The van der Waals surface area contributed by atoms with Crippen molar-refractivity contribution in [2.24, 2.45) is 4.99 Å². The Morgan fingerprint density at radius 3 is 2.80 bits per heavy atom. The van der Waals surface area contributed by atoms with Crippen molar-refractivity contribution in [3.05, 3.63) is 11.6 Å². The van der Waals surface area contributed by atoms with Gasteiger partial charge in [-0.2, -0.15) is 0 Å². The van der Waals surface area contributed by atoms with Crippen molar-refractivity contribution in [1.82, 2.24) is 10.2 Å². The average molecular weight is 297 g/mol. The van der Waals surface area contributed by atoms with Crippen LogP contribution in [0.4, 0.5) is 0 Å². The van der Waals surface area contributed by atoms with Gasteiger partial charge in [0.05, 0.1) is 10.6 Å². The maximum atomic E-state index is 12.0. The molecule has 1 aliphatic carbocycles. The molecule has 112 valence electrons. The molecule has 0 radical (unpaired) electrons. The Kier molecular flexibility index (Phi) is 4.75. The van der Waals surface area contributed by atoms with Gasteiger partial charge in [0.2, 0.25) is 0 Å². The molecule has 2 aliphatic rings. The van der Waals surface area contributed by atoms with Crippen LogP contribution >= 0.6 is 11.8 Å². The van der Waals surface area contributed by atoms with E-state index in [9.17, 15) is 9.90 Å². The van der Waals surface area contributed by atoms with Gasteiger partial charge in [0.25, 0.3) is 5.91 Å². The van der Waals surface area contributed by atoms with E-state index in [2.05, 4.69) is 28.7 Å². The molecule has 1 atom stereocenters. The van der Waals surface area contributed by atoms with Crippen LogP contribution in [0.25, 0.3) is 0 Å². The van der Waals surface area contributed by atoms with Crippen LogP contribution < -0.4 is 5.32 Å². The second-order valence-corrected chi connectivity index (χ2v) is 6.68. The highest BCUT2D eigenvalue weighted by atomic mass is 32.2. The number of rotatable bonds is 4. The summed E-state index contributed by atoms with van der Waals surface area (Å²) in [6.07, 6.45) is 3.85. The van der Waals surface area contributed by atoms with Gasteiger partial charge in [0.15, 0.2) is 5.04 Å². The highest BCUT2D eigenvalue weighted by Crippen LogP contribution is 2.34. The molecule has 2 N–H and O–H groups in total. The Hall–Kier alpha value is -1.01. The number of carbonyl (C=O) groups is 1. The third-order valence-corrected chi connectivity index (χ3v) is 4.92. The van der Waals surface area contributed by atoms with E-state index < -0.39 is 5.60 Å². The minimum atomic E-state index is -0.681. The predicted molar refractivity (Wildman–Crippen MR) is 82.7 cm³/mol. The Labute approximate surface area is 124 Å². The second kappa shape index (κ2) is 6.18. The summed E-state index contributed by atoms with van der Waals surface area (Å²) in [7, 11) is 1.61. The van der Waals surface area contributed by atoms with Gasteiger partial charge in [0.1, 0.15) is 0 Å². The van der Waals surface area contributed by atoms with E-state index >= 15 is 0 Å². The minimum absolute atomic E-state index is 0.231. The molecule has 0 aromatic heterocycles. The van der Waals surface area contributed by atoms with Crippen molar-refractivity contribution in [1.29, 1.82) is 0 Å². The van der Waals surface area contributed by atoms with Gasteiger partial charge in [-0.3, -0.25) is 9.79 Å². The molecule has 1 saturated carbocycles. The number of amides is 1. The zero-order valence-electron chi connectivity index (χ0n) is 12.2. The summed E-state index contributed by atoms with van der Waals surface area (Å²) in [4.78, 5) is 18.3. The normalized spacial score (nSPS) is 24.6. The molecule has 5 nitrogen and oxygen atoms in total. The number of thioether (sulfide) groups is 1. The molecule has 1 heterocycles. The largest absolute Gasteiger partial charge is 0.388 e. The topological polar surface area (TPSA) is 64.9 Å². The Balaban J connectivity index is 1.85. The number of aliphatic imine (C=N–C) groups is 1. The lowest BCUT2D eigenvalue weighted by Crippen LogP contribution is -2.37. The Morgan fingerprint density at radius 1 is 1.60 bits per heavy atom. The number of nitrogens with one attached hydrogen (secondary N) is 1. The predicted octanol–water partition coefficient (Wildman–Crippen LogP) is 1.34. The van der Waals surface area contributed by atoms with Crippen molar-refractivity contribution >= 4 is 22.7 Å². The van der Waals surface area contributed by atoms with Gasteiger partial charge >= 0.3 is 0 Å². The van der Waals surface area contributed by atoms with Crippen LogP contribution in [0.15, 0.2) is 16.6 Å². The van der Waals surface area contributed by atoms with Crippen LogP contribution in [0.1, 0.15) is 32.6 Å². The molecule has 6 heteroatoms. The van der Waals surface area contributed by atoms with E-state index in [0.717, 1.165) is 30.8 Å². The Morgan fingerprint density at radius 2 is 2.30 bits per heavy atom. The summed E-state index contributed by atoms with van der Waals surface area (Å²) in [6, 6.07) is 0.475. The smallest absolute Gasteiger partial charge is 0.276 e. The first-order valence-corrected chi connectivity index (χ1v) is 7.87. The standard InChI is InChI=1S/C14H23N3O2S/c1-10-5-4-8-17(10)11(2)20-13(15-3)12(18)16-9-14(19)6-7-14/h10,19H,2,4-9H2,1,3H3,(H,16,18)/b15-13-. The lowest BCUT2D eigenvalue weighted by molar-refractivity contribution is -0.115. The molecule has 0 aromatic carbocycles. The van der Waals surface area contributed by atoms with E-state index in [-0.39, 0.29) is 5.91 Å². The van der Waals surface area contributed by atoms with E-state index in [1.165, 1.54) is 18.2 Å². The van der Waals surface area contributed by atoms with Crippen LogP contribution in [0.2, 0.25) is 0 Å². The van der Waals surface area contributed by atoms with Crippen LogP contribution in [0.5, 0.6) is 0 Å². The molecule has 0 aromatic rings. The molecule has 0 spiro atoms. The highest BCUT2D eigenvalue weighted by Gasteiger charge is 2.40. The number of carbonyl (C=O) groups excluding carboxylic acids is 1. The SMILES string of the molecule is C=C(S/C(=N\C)C(=O)NCC1(O)CC1)N1CCCC1C. The molecule has 1 amide bonds. The van der Waals surface area contributed by atoms with Gasteiger partial charge in [-0.05, 0) is 44.4 Å². The quantitative estimate of drug-likeness (QED) is 0.607. The number of hydrogen-bond donors (Lipinski definition) is 2. The van der Waals surface area contributed by atoms with Crippen molar-refractivity contribution in [3.63, 3.8) is 0 Å². The third-order valence-electron chi connectivity index (χ3n) is 3.89. The molecular formula is C14H23N3O2S. The highest BCUT2D eigenvalue weighted by molar-refractivity contribution is 8.18. The fourth-order valence-electron chi connectivity index (χ4n) is 2.31. The number of hydrogen-bond acceptors (Lipinski definition) is 5. The van der Waals surface area contributed by atoms with Crippen molar-refractivity contribution in [3.8, 4) is 0 Å². The van der Waals surface area contributed by atoms with Crippen LogP contribution in [-0.2, 0) is 4.79 Å². The van der Waals surface area contributed by atoms with Gasteiger partial charge in [-0.25, -0.2) is 0 Å². The lowest BCUT2D eigenvalue weighted by Gasteiger charge is -2.25. The first-order chi connectivity index (χ1) is 9.45. The molecule has 2 fully saturated rings. The molecule has 2 rings (SSSR count). The van der Waals surface area contributed by atoms with Crippen molar-refractivity contribution in [2.75, 3.05) is 20.1 Å². The lowest BCUT2D eigenvalue weighted by atomic mass is 10.2. The molecular weight excluding hydrogens is 274 g/mol. The minimum Gasteiger partial charge on any atom is -0.388 e. The molecule has 0 bridgehead atoms. The van der Waals surface area contributed by atoms with Gasteiger partial charge in [0, 0.05) is 26.2 Å². The van der Waals surface area contributed by atoms with Crippen molar-refractivity contribution < 1.29 is 9.90 Å². The van der Waals surface area contributed by atoms with Gasteiger partial charge in [-0.15, -0.1) is 0 Å². The zero-order chi connectivity index (χ0) is 14.8. The van der Waals surface area contributed by atoms with Gasteiger partial charge in [-0.1, -0.05) is 6.58 Å². The van der Waals surface area contributed by atoms with E-state index in [0.29, 0.717) is 17.6 Å².